The van der Waals surface area contributed by atoms with Gasteiger partial charge in [-0.2, -0.15) is 0 Å². The van der Waals surface area contributed by atoms with Crippen molar-refractivity contribution in [1.82, 2.24) is 9.97 Å². The minimum absolute atomic E-state index is 0.00176. The van der Waals surface area contributed by atoms with Crippen LogP contribution in [0.5, 0.6) is 11.5 Å². The van der Waals surface area contributed by atoms with Crippen LogP contribution >= 0.6 is 11.3 Å². The van der Waals surface area contributed by atoms with E-state index in [1.54, 1.807) is 24.5 Å². The van der Waals surface area contributed by atoms with Crippen LogP contribution in [0.15, 0.2) is 59.7 Å². The molecule has 2 aromatic heterocycles. The fraction of sp³-hybridized carbons (Fsp3) is 0.130. The number of phenols is 1. The Kier molecular flexibility index (Phi) is 5.54. The normalized spacial score (nSPS) is 11.3. The van der Waals surface area contributed by atoms with E-state index in [0.717, 1.165) is 21.5 Å². The van der Waals surface area contributed by atoms with Crippen molar-refractivity contribution in [1.29, 1.82) is 0 Å². The van der Waals surface area contributed by atoms with Gasteiger partial charge in [0.2, 0.25) is 0 Å². The van der Waals surface area contributed by atoms with E-state index in [1.165, 1.54) is 24.5 Å². The van der Waals surface area contributed by atoms with Crippen molar-refractivity contribution < 1.29 is 14.6 Å². The highest BCUT2D eigenvalue weighted by Gasteiger charge is 2.17. The molecule has 1 N–H and O–H groups in total. The Morgan fingerprint density at radius 3 is 2.87 bits per heavy atom. The molecular formula is C23H19N3O3S. The molecule has 0 saturated carbocycles. The monoisotopic (exact) mass is 417 g/mol. The minimum atomic E-state index is -0.106. The third kappa shape index (κ3) is 3.92. The van der Waals surface area contributed by atoms with Crippen LogP contribution in [-0.4, -0.2) is 40.7 Å². The van der Waals surface area contributed by atoms with E-state index in [-0.39, 0.29) is 18.1 Å². The zero-order valence-electron chi connectivity index (χ0n) is 16.5. The lowest BCUT2D eigenvalue weighted by Crippen LogP contribution is -2.03. The molecule has 0 aliphatic heterocycles. The van der Waals surface area contributed by atoms with E-state index in [4.69, 9.17) is 4.74 Å². The van der Waals surface area contributed by atoms with Crippen LogP contribution in [-0.2, 0) is 0 Å². The number of ether oxygens (including phenoxy) is 1. The summed E-state index contributed by atoms with van der Waals surface area (Å²) in [7, 11) is 1.49. The molecule has 0 amide bonds. The maximum atomic E-state index is 12.7. The van der Waals surface area contributed by atoms with Gasteiger partial charge < -0.3 is 9.84 Å². The Labute approximate surface area is 177 Å². The van der Waals surface area contributed by atoms with E-state index >= 15 is 0 Å². The second kappa shape index (κ2) is 8.42. The Morgan fingerprint density at radius 1 is 1.23 bits per heavy atom. The molecule has 0 bridgehead atoms. The topological polar surface area (TPSA) is 84.7 Å². The lowest BCUT2D eigenvalue weighted by atomic mass is 10.1. The summed E-state index contributed by atoms with van der Waals surface area (Å²) < 4.78 is 5.02. The van der Waals surface area contributed by atoms with Crippen LogP contribution in [0.1, 0.15) is 20.9 Å². The maximum Gasteiger partial charge on any atom is 0.196 e. The van der Waals surface area contributed by atoms with Gasteiger partial charge in [0.15, 0.2) is 17.3 Å². The molecule has 2 aromatic carbocycles. The lowest BCUT2D eigenvalue weighted by Gasteiger charge is -2.03. The van der Waals surface area contributed by atoms with E-state index < -0.39 is 0 Å². The number of hydrogen-bond donors (Lipinski definition) is 1. The average Bonchev–Trinajstić information content (AvgIpc) is 3.15. The SMILES string of the molecule is COc1ccc(C=NCC(=O)c2sc(-c3nccc4ccccc34)nc2C)cc1O. The number of methoxy groups -OCH3 is 1. The molecule has 150 valence electrons. The zero-order valence-corrected chi connectivity index (χ0v) is 17.3. The number of aromatic nitrogens is 2. The molecule has 6 nitrogen and oxygen atoms in total. The number of aryl methyl sites for hydroxylation is 1. The quantitative estimate of drug-likeness (QED) is 0.364. The number of thiazole rings is 1. The standard InChI is InChI=1S/C23H19N3O3S/c1-14-22(19(28)13-24-12-15-7-8-20(29-2)18(27)11-15)30-23(26-14)21-17-6-4-3-5-16(17)9-10-25-21/h3-12,27H,13H2,1-2H3. The number of pyridine rings is 1. The number of ketones is 1. The van der Waals surface area contributed by atoms with Crippen molar-refractivity contribution in [2.24, 2.45) is 4.99 Å². The van der Waals surface area contributed by atoms with Crippen molar-refractivity contribution in [3.63, 3.8) is 0 Å². The number of phenolic OH excluding ortho intramolecular Hbond substituents is 1. The molecule has 0 fully saturated rings. The molecule has 7 heteroatoms. The first kappa shape index (κ1) is 19.7. The number of rotatable bonds is 6. The van der Waals surface area contributed by atoms with E-state index in [9.17, 15) is 9.90 Å². The molecule has 0 unspecified atom stereocenters. The number of carbonyl (C=O) groups is 1. The predicted octanol–water partition coefficient (Wildman–Crippen LogP) is 4.68. The number of fused-ring (bicyclic) bond motifs is 1. The summed E-state index contributed by atoms with van der Waals surface area (Å²) in [6.07, 6.45) is 3.31. The van der Waals surface area contributed by atoms with Crippen LogP contribution in [0.25, 0.3) is 21.5 Å². The van der Waals surface area contributed by atoms with E-state index in [1.807, 2.05) is 37.3 Å². The van der Waals surface area contributed by atoms with Crippen LogP contribution < -0.4 is 4.74 Å². The molecule has 0 aliphatic carbocycles. The largest absolute Gasteiger partial charge is 0.504 e. The van der Waals surface area contributed by atoms with Gasteiger partial charge in [-0.3, -0.25) is 14.8 Å². The highest BCUT2D eigenvalue weighted by molar-refractivity contribution is 7.17. The lowest BCUT2D eigenvalue weighted by molar-refractivity contribution is 0.100. The molecule has 0 spiro atoms. The number of nitrogens with zero attached hydrogens (tertiary/aromatic N) is 3. The summed E-state index contributed by atoms with van der Waals surface area (Å²) in [6.45, 7) is 1.82. The van der Waals surface area contributed by atoms with E-state index in [0.29, 0.717) is 21.9 Å². The van der Waals surface area contributed by atoms with Crippen molar-refractivity contribution in [3.05, 3.63) is 70.9 Å². The molecule has 0 radical (unpaired) electrons. The second-order valence-electron chi connectivity index (χ2n) is 6.64. The summed E-state index contributed by atoms with van der Waals surface area (Å²) in [5.74, 6) is 0.307. The number of benzene rings is 2. The van der Waals surface area contributed by atoms with Gasteiger partial charge in [0.25, 0.3) is 0 Å². The highest BCUT2D eigenvalue weighted by atomic mass is 32.1. The molecule has 4 aromatic rings. The van der Waals surface area contributed by atoms with Crippen LogP contribution in [0.4, 0.5) is 0 Å². The van der Waals surface area contributed by atoms with Crippen LogP contribution in [0.2, 0.25) is 0 Å². The van der Waals surface area contributed by atoms with Gasteiger partial charge in [0, 0.05) is 17.8 Å². The predicted molar refractivity (Wildman–Crippen MR) is 119 cm³/mol. The van der Waals surface area contributed by atoms with Crippen LogP contribution in [0, 0.1) is 6.92 Å². The number of hydrogen-bond acceptors (Lipinski definition) is 7. The molecule has 0 aliphatic rings. The Bertz CT molecular complexity index is 1260. The molecule has 4 rings (SSSR count). The number of aromatic hydroxyl groups is 1. The summed E-state index contributed by atoms with van der Waals surface area (Å²) in [5, 5.41) is 12.6. The first-order chi connectivity index (χ1) is 14.6. The third-order valence-corrected chi connectivity index (χ3v) is 5.81. The Balaban J connectivity index is 1.54. The number of Topliss-reactive ketones (excluding diaryl/α,β-unsaturated/α-hetero) is 1. The van der Waals surface area contributed by atoms with Gasteiger partial charge in [0.05, 0.1) is 17.7 Å². The fourth-order valence-electron chi connectivity index (χ4n) is 3.14. The Hall–Kier alpha value is -3.58. The second-order valence-corrected chi connectivity index (χ2v) is 7.64. The van der Waals surface area contributed by atoms with Crippen molar-refractivity contribution in [2.45, 2.75) is 6.92 Å². The summed E-state index contributed by atoms with van der Waals surface area (Å²) >= 11 is 1.34. The molecular weight excluding hydrogens is 398 g/mol. The average molecular weight is 417 g/mol. The zero-order chi connectivity index (χ0) is 21.1. The van der Waals surface area contributed by atoms with E-state index in [2.05, 4.69) is 15.0 Å². The van der Waals surface area contributed by atoms with Gasteiger partial charge in [0.1, 0.15) is 17.2 Å². The molecule has 0 saturated heterocycles. The molecule has 30 heavy (non-hydrogen) atoms. The van der Waals surface area contributed by atoms with Crippen LogP contribution in [0.3, 0.4) is 0 Å². The van der Waals surface area contributed by atoms with Crippen molar-refractivity contribution in [3.8, 4) is 22.2 Å². The van der Waals surface area contributed by atoms with Crippen molar-refractivity contribution in [2.75, 3.05) is 13.7 Å². The van der Waals surface area contributed by atoms with Gasteiger partial charge in [-0.1, -0.05) is 24.3 Å². The van der Waals surface area contributed by atoms with Gasteiger partial charge in [-0.15, -0.1) is 11.3 Å². The molecule has 0 atom stereocenters. The summed E-state index contributed by atoms with van der Waals surface area (Å²) in [4.78, 5) is 26.6. The maximum absolute atomic E-state index is 12.7. The smallest absolute Gasteiger partial charge is 0.196 e. The Morgan fingerprint density at radius 2 is 2.07 bits per heavy atom. The van der Waals surface area contributed by atoms with Gasteiger partial charge in [-0.25, -0.2) is 4.98 Å². The highest BCUT2D eigenvalue weighted by Crippen LogP contribution is 2.32. The first-order valence-corrected chi connectivity index (χ1v) is 10.1. The number of carbonyl (C=O) groups excluding carboxylic acids is 1. The van der Waals surface area contributed by atoms with Gasteiger partial charge >= 0.3 is 0 Å². The third-order valence-electron chi connectivity index (χ3n) is 4.60. The first-order valence-electron chi connectivity index (χ1n) is 9.28. The van der Waals surface area contributed by atoms with Crippen molar-refractivity contribution >= 4 is 34.1 Å². The minimum Gasteiger partial charge on any atom is -0.504 e. The fourth-order valence-corrected chi connectivity index (χ4v) is 4.15. The summed E-state index contributed by atoms with van der Waals surface area (Å²) in [6, 6.07) is 14.9. The summed E-state index contributed by atoms with van der Waals surface area (Å²) in [5.41, 5.74) is 2.13. The van der Waals surface area contributed by atoms with Gasteiger partial charge in [-0.05, 0) is 42.1 Å². The molecule has 2 heterocycles. The number of aliphatic imine (C=N–C) groups is 1.